The van der Waals surface area contributed by atoms with Crippen molar-refractivity contribution in [3.8, 4) is 6.07 Å². The molecule has 1 heterocycles. The summed E-state index contributed by atoms with van der Waals surface area (Å²) in [4.78, 5) is 0. The van der Waals surface area contributed by atoms with Crippen molar-refractivity contribution < 1.29 is 9.13 Å². The fraction of sp³-hybridized carbons (Fsp3) is 0.533. The van der Waals surface area contributed by atoms with Gasteiger partial charge in [0.05, 0.1) is 11.7 Å². The van der Waals surface area contributed by atoms with Gasteiger partial charge in [-0.05, 0) is 37.0 Å². The van der Waals surface area contributed by atoms with Gasteiger partial charge in [0.2, 0.25) is 0 Å². The molecule has 0 aromatic heterocycles. The summed E-state index contributed by atoms with van der Waals surface area (Å²) in [7, 11) is 0. The lowest BCUT2D eigenvalue weighted by Crippen LogP contribution is -2.38. The average Bonchev–Trinajstić information content (AvgIpc) is 2.95. The summed E-state index contributed by atoms with van der Waals surface area (Å²) >= 11 is 0. The van der Waals surface area contributed by atoms with E-state index >= 15 is 0 Å². The Morgan fingerprint density at radius 1 is 1.58 bits per heavy atom. The van der Waals surface area contributed by atoms with Crippen molar-refractivity contribution >= 4 is 0 Å². The minimum atomic E-state index is -0.461. The maximum Gasteiger partial charge on any atom is 0.140 e. The lowest BCUT2D eigenvalue weighted by Gasteiger charge is -2.23. The van der Waals surface area contributed by atoms with Gasteiger partial charge in [-0.15, -0.1) is 0 Å². The first-order chi connectivity index (χ1) is 9.24. The van der Waals surface area contributed by atoms with Crippen LogP contribution in [0.1, 0.15) is 37.3 Å². The highest BCUT2D eigenvalue weighted by Gasteiger charge is 2.23. The summed E-state index contributed by atoms with van der Waals surface area (Å²) in [5.74, 6) is -0.461. The summed E-state index contributed by atoms with van der Waals surface area (Å²) in [6, 6.07) is 6.85. The number of nitriles is 1. The second-order valence-corrected chi connectivity index (χ2v) is 4.87. The molecule has 3 nitrogen and oxygen atoms in total. The Morgan fingerprint density at radius 2 is 2.42 bits per heavy atom. The van der Waals surface area contributed by atoms with Crippen molar-refractivity contribution in [2.24, 2.45) is 0 Å². The fourth-order valence-corrected chi connectivity index (χ4v) is 2.48. The van der Waals surface area contributed by atoms with E-state index in [1.165, 1.54) is 6.07 Å². The van der Waals surface area contributed by atoms with Gasteiger partial charge in [0.15, 0.2) is 0 Å². The van der Waals surface area contributed by atoms with E-state index in [0.717, 1.165) is 31.4 Å². The molecule has 0 amide bonds. The minimum absolute atomic E-state index is 0.101. The van der Waals surface area contributed by atoms with Crippen LogP contribution in [0, 0.1) is 17.1 Å². The summed E-state index contributed by atoms with van der Waals surface area (Å²) in [5.41, 5.74) is 1.03. The van der Waals surface area contributed by atoms with Crippen LogP contribution < -0.4 is 5.32 Å². The number of ether oxygens (including phenoxy) is 1. The van der Waals surface area contributed by atoms with Crippen molar-refractivity contribution in [3.05, 3.63) is 35.1 Å². The standard InChI is InChI=1S/C15H19FN2O/c1-2-14(15-4-3-7-19-15)18-10-11-5-6-13(16)12(8-11)9-17/h5-6,8,14-15,18H,2-4,7,10H2,1H3/t14-,15-/m1/s1. The highest BCUT2D eigenvalue weighted by molar-refractivity contribution is 5.34. The molecule has 1 aromatic carbocycles. The first kappa shape index (κ1) is 14.0. The first-order valence-electron chi connectivity index (χ1n) is 6.78. The number of hydrogen-bond donors (Lipinski definition) is 1. The van der Waals surface area contributed by atoms with Crippen LogP contribution in [0.5, 0.6) is 0 Å². The fourth-order valence-electron chi connectivity index (χ4n) is 2.48. The van der Waals surface area contributed by atoms with Crippen molar-refractivity contribution in [2.45, 2.75) is 44.9 Å². The molecular weight excluding hydrogens is 243 g/mol. The van der Waals surface area contributed by atoms with Crippen molar-refractivity contribution in [3.63, 3.8) is 0 Å². The van der Waals surface area contributed by atoms with Crippen LogP contribution in [0.3, 0.4) is 0 Å². The highest BCUT2D eigenvalue weighted by atomic mass is 19.1. The molecule has 0 unspecified atom stereocenters. The molecule has 0 bridgehead atoms. The van der Waals surface area contributed by atoms with Crippen LogP contribution in [-0.4, -0.2) is 18.8 Å². The molecule has 1 aliphatic heterocycles. The van der Waals surface area contributed by atoms with Gasteiger partial charge in [-0.2, -0.15) is 5.26 Å². The largest absolute Gasteiger partial charge is 0.377 e. The van der Waals surface area contributed by atoms with Crippen molar-refractivity contribution in [1.29, 1.82) is 5.26 Å². The SMILES string of the molecule is CC[C@@H](NCc1ccc(F)c(C#N)c1)[C@H]1CCCO1. The summed E-state index contributed by atoms with van der Waals surface area (Å²) in [6.45, 7) is 3.61. The third-order valence-corrected chi connectivity index (χ3v) is 3.57. The number of hydrogen-bond acceptors (Lipinski definition) is 3. The molecule has 2 rings (SSSR count). The predicted molar refractivity (Wildman–Crippen MR) is 71.0 cm³/mol. The van der Waals surface area contributed by atoms with Gasteiger partial charge < -0.3 is 10.1 Å². The predicted octanol–water partition coefficient (Wildman–Crippen LogP) is 2.74. The van der Waals surface area contributed by atoms with E-state index in [2.05, 4.69) is 12.2 Å². The van der Waals surface area contributed by atoms with Gasteiger partial charge in [-0.25, -0.2) is 4.39 Å². The van der Waals surface area contributed by atoms with Gasteiger partial charge in [-0.3, -0.25) is 0 Å². The molecule has 0 saturated carbocycles. The number of halogens is 1. The Labute approximate surface area is 113 Å². The average molecular weight is 262 g/mol. The van der Waals surface area contributed by atoms with E-state index < -0.39 is 5.82 Å². The zero-order valence-electron chi connectivity index (χ0n) is 11.2. The van der Waals surface area contributed by atoms with Crippen LogP contribution >= 0.6 is 0 Å². The van der Waals surface area contributed by atoms with Crippen molar-refractivity contribution in [1.82, 2.24) is 5.32 Å². The van der Waals surface area contributed by atoms with Crippen molar-refractivity contribution in [2.75, 3.05) is 6.61 Å². The first-order valence-corrected chi connectivity index (χ1v) is 6.78. The molecule has 0 aliphatic carbocycles. The summed E-state index contributed by atoms with van der Waals surface area (Å²) in [6.07, 6.45) is 3.49. The lowest BCUT2D eigenvalue weighted by molar-refractivity contribution is 0.0765. The summed E-state index contributed by atoms with van der Waals surface area (Å²) in [5, 5.41) is 12.3. The lowest BCUT2D eigenvalue weighted by atomic mass is 10.0. The third-order valence-electron chi connectivity index (χ3n) is 3.57. The van der Waals surface area contributed by atoms with E-state index in [1.807, 2.05) is 6.07 Å². The van der Waals surface area contributed by atoms with Gasteiger partial charge in [0.25, 0.3) is 0 Å². The maximum absolute atomic E-state index is 13.2. The molecule has 0 spiro atoms. The van der Waals surface area contributed by atoms with Gasteiger partial charge in [0, 0.05) is 19.2 Å². The molecule has 4 heteroatoms. The Bertz CT molecular complexity index is 464. The molecule has 1 aliphatic rings. The molecule has 1 N–H and O–H groups in total. The minimum Gasteiger partial charge on any atom is -0.377 e. The van der Waals surface area contributed by atoms with Crippen LogP contribution in [-0.2, 0) is 11.3 Å². The second kappa shape index (κ2) is 6.65. The van der Waals surface area contributed by atoms with E-state index in [1.54, 1.807) is 12.1 Å². The van der Waals surface area contributed by atoms with Crippen LogP contribution in [0.15, 0.2) is 18.2 Å². The Morgan fingerprint density at radius 3 is 3.05 bits per heavy atom. The second-order valence-electron chi connectivity index (χ2n) is 4.87. The van der Waals surface area contributed by atoms with Gasteiger partial charge in [0.1, 0.15) is 11.9 Å². The van der Waals surface area contributed by atoms with E-state index in [0.29, 0.717) is 12.6 Å². The Hall–Kier alpha value is -1.44. The molecule has 2 atom stereocenters. The Balaban J connectivity index is 1.95. The molecule has 1 aromatic rings. The monoisotopic (exact) mass is 262 g/mol. The zero-order valence-corrected chi connectivity index (χ0v) is 11.2. The van der Waals surface area contributed by atoms with E-state index in [4.69, 9.17) is 10.00 Å². The molecule has 1 fully saturated rings. The molecule has 1 saturated heterocycles. The quantitative estimate of drug-likeness (QED) is 0.887. The number of nitrogens with zero attached hydrogens (tertiary/aromatic N) is 1. The van der Waals surface area contributed by atoms with Gasteiger partial charge >= 0.3 is 0 Å². The highest BCUT2D eigenvalue weighted by Crippen LogP contribution is 2.18. The molecular formula is C15H19FN2O. The normalized spacial score (nSPS) is 20.2. The maximum atomic E-state index is 13.2. The molecule has 19 heavy (non-hydrogen) atoms. The van der Waals surface area contributed by atoms with Crippen LogP contribution in [0.2, 0.25) is 0 Å². The smallest absolute Gasteiger partial charge is 0.140 e. The number of benzene rings is 1. The van der Waals surface area contributed by atoms with Crippen LogP contribution in [0.25, 0.3) is 0 Å². The zero-order chi connectivity index (χ0) is 13.7. The van der Waals surface area contributed by atoms with Gasteiger partial charge in [-0.1, -0.05) is 13.0 Å². The number of rotatable bonds is 5. The number of nitrogens with one attached hydrogen (secondary N) is 1. The molecule has 102 valence electrons. The third kappa shape index (κ3) is 3.52. The van der Waals surface area contributed by atoms with E-state index in [-0.39, 0.29) is 11.7 Å². The van der Waals surface area contributed by atoms with Crippen LogP contribution in [0.4, 0.5) is 4.39 Å². The van der Waals surface area contributed by atoms with E-state index in [9.17, 15) is 4.39 Å². The summed E-state index contributed by atoms with van der Waals surface area (Å²) < 4.78 is 18.9. The topological polar surface area (TPSA) is 45.0 Å². The molecule has 0 radical (unpaired) electrons. The Kier molecular flexibility index (Phi) is 4.89.